The Morgan fingerprint density at radius 1 is 1.31 bits per heavy atom. The first-order chi connectivity index (χ1) is 12.3. The van der Waals surface area contributed by atoms with Crippen molar-refractivity contribution in [3.05, 3.63) is 17.5 Å². The first-order valence-corrected chi connectivity index (χ1v) is 9.44. The number of likely N-dealkylation sites (tertiary alicyclic amines) is 1. The molecule has 2 amide bonds. The van der Waals surface area contributed by atoms with E-state index in [1.165, 1.54) is 21.6 Å². The Hall–Kier alpha value is -2.16. The van der Waals surface area contributed by atoms with Crippen molar-refractivity contribution in [2.45, 2.75) is 31.8 Å². The van der Waals surface area contributed by atoms with E-state index in [9.17, 15) is 14.4 Å². The highest BCUT2D eigenvalue weighted by atomic mass is 32.2. The summed E-state index contributed by atoms with van der Waals surface area (Å²) in [5.41, 5.74) is 1.68. The number of rotatable bonds is 6. The van der Waals surface area contributed by atoms with Crippen molar-refractivity contribution >= 4 is 29.5 Å². The smallest absolute Gasteiger partial charge is 0.308 e. The Morgan fingerprint density at radius 2 is 1.96 bits per heavy atom. The zero-order valence-electron chi connectivity index (χ0n) is 15.3. The van der Waals surface area contributed by atoms with Gasteiger partial charge in [0.15, 0.2) is 5.16 Å². The quantitative estimate of drug-likeness (QED) is 0.579. The second-order valence-corrected chi connectivity index (χ2v) is 7.43. The van der Waals surface area contributed by atoms with Gasteiger partial charge < -0.3 is 14.9 Å². The lowest BCUT2D eigenvalue weighted by Gasteiger charge is -2.32. The highest BCUT2D eigenvalue weighted by Crippen LogP contribution is 2.17. The predicted molar refractivity (Wildman–Crippen MR) is 96.8 cm³/mol. The van der Waals surface area contributed by atoms with Gasteiger partial charge in [0.1, 0.15) is 0 Å². The molecular weight excluding hydrogens is 356 g/mol. The maximum Gasteiger partial charge on any atom is 0.308 e. The number of hydrogen-bond acceptors (Lipinski definition) is 6. The number of carbonyl (C=O) groups excluding carboxylic acids is 2. The van der Waals surface area contributed by atoms with Crippen molar-refractivity contribution < 1.29 is 19.5 Å². The van der Waals surface area contributed by atoms with Crippen LogP contribution in [0.4, 0.5) is 0 Å². The highest BCUT2D eigenvalue weighted by Gasteiger charge is 2.28. The van der Waals surface area contributed by atoms with Gasteiger partial charge in [0, 0.05) is 31.5 Å². The predicted octanol–water partition coefficient (Wildman–Crippen LogP) is 0.967. The number of aryl methyl sites for hydroxylation is 2. The van der Waals surface area contributed by atoms with Crippen molar-refractivity contribution in [3.8, 4) is 0 Å². The van der Waals surface area contributed by atoms with Crippen molar-refractivity contribution in [3.63, 3.8) is 0 Å². The largest absolute Gasteiger partial charge is 0.481 e. The van der Waals surface area contributed by atoms with Crippen LogP contribution in [-0.2, 0) is 14.4 Å². The number of aliphatic carboxylic acids is 1. The number of hydrogen-bond donors (Lipinski definition) is 1. The molecule has 0 spiro atoms. The molecule has 1 unspecified atom stereocenters. The van der Waals surface area contributed by atoms with Gasteiger partial charge in [-0.15, -0.1) is 0 Å². The average Bonchev–Trinajstić information content (AvgIpc) is 2.58. The number of aromatic nitrogens is 2. The first-order valence-electron chi connectivity index (χ1n) is 8.46. The van der Waals surface area contributed by atoms with Crippen LogP contribution in [0.2, 0.25) is 0 Å². The average molecular weight is 380 g/mol. The standard InChI is InChI=1S/C17H24N4O4S/c1-11-7-12(2)19-17(18-11)26-10-15(23)20(3)9-14(22)21-6-4-5-13(8-21)16(24)25/h7,13H,4-6,8-10H2,1-3H3,(H,24,25). The van der Waals surface area contributed by atoms with E-state index in [-0.39, 0.29) is 30.7 Å². The van der Waals surface area contributed by atoms with Crippen LogP contribution >= 0.6 is 11.8 Å². The number of likely N-dealkylation sites (N-methyl/N-ethyl adjacent to an activating group) is 1. The maximum absolute atomic E-state index is 12.4. The third-order valence-electron chi connectivity index (χ3n) is 4.21. The monoisotopic (exact) mass is 380 g/mol. The van der Waals surface area contributed by atoms with Gasteiger partial charge in [0.05, 0.1) is 18.2 Å². The second kappa shape index (κ2) is 8.98. The van der Waals surface area contributed by atoms with Crippen LogP contribution in [0, 0.1) is 19.8 Å². The lowest BCUT2D eigenvalue weighted by molar-refractivity contribution is -0.147. The van der Waals surface area contributed by atoms with Gasteiger partial charge in [-0.1, -0.05) is 11.8 Å². The van der Waals surface area contributed by atoms with Gasteiger partial charge in [-0.3, -0.25) is 14.4 Å². The normalized spacial score (nSPS) is 17.0. The summed E-state index contributed by atoms with van der Waals surface area (Å²) in [7, 11) is 1.57. The fraction of sp³-hybridized carbons (Fsp3) is 0.588. The van der Waals surface area contributed by atoms with Crippen LogP contribution in [0.3, 0.4) is 0 Å². The zero-order chi connectivity index (χ0) is 19.3. The molecule has 2 heterocycles. The molecule has 1 aliphatic heterocycles. The Labute approximate surface area is 157 Å². The second-order valence-electron chi connectivity index (χ2n) is 6.49. The van der Waals surface area contributed by atoms with E-state index in [2.05, 4.69) is 9.97 Å². The number of amides is 2. The van der Waals surface area contributed by atoms with E-state index < -0.39 is 11.9 Å². The molecule has 9 heteroatoms. The molecule has 2 rings (SSSR count). The fourth-order valence-corrected chi connectivity index (χ4v) is 3.68. The van der Waals surface area contributed by atoms with Gasteiger partial charge in [-0.05, 0) is 32.8 Å². The maximum atomic E-state index is 12.4. The Bertz CT molecular complexity index is 677. The molecule has 26 heavy (non-hydrogen) atoms. The number of carboxylic acids is 1. The van der Waals surface area contributed by atoms with E-state index >= 15 is 0 Å². The minimum Gasteiger partial charge on any atom is -0.481 e. The summed E-state index contributed by atoms with van der Waals surface area (Å²) in [4.78, 5) is 47.2. The van der Waals surface area contributed by atoms with Crippen LogP contribution < -0.4 is 0 Å². The first kappa shape index (κ1) is 20.2. The van der Waals surface area contributed by atoms with E-state index in [4.69, 9.17) is 5.11 Å². The molecule has 0 aromatic carbocycles. The number of nitrogens with zero attached hydrogens (tertiary/aromatic N) is 4. The van der Waals surface area contributed by atoms with Gasteiger partial charge in [-0.25, -0.2) is 9.97 Å². The SMILES string of the molecule is Cc1cc(C)nc(SCC(=O)N(C)CC(=O)N2CCCC(C(=O)O)C2)n1. The van der Waals surface area contributed by atoms with Crippen LogP contribution in [0.25, 0.3) is 0 Å². The molecule has 0 saturated carbocycles. The molecule has 0 aliphatic carbocycles. The van der Waals surface area contributed by atoms with Crippen LogP contribution in [0.5, 0.6) is 0 Å². The summed E-state index contributed by atoms with van der Waals surface area (Å²) in [5.74, 6) is -1.68. The summed E-state index contributed by atoms with van der Waals surface area (Å²) in [5, 5.41) is 9.65. The lowest BCUT2D eigenvalue weighted by Crippen LogP contribution is -2.47. The van der Waals surface area contributed by atoms with Crippen molar-refractivity contribution in [2.24, 2.45) is 5.92 Å². The zero-order valence-corrected chi connectivity index (χ0v) is 16.1. The number of thioether (sulfide) groups is 1. The molecular formula is C17H24N4O4S. The highest BCUT2D eigenvalue weighted by molar-refractivity contribution is 7.99. The van der Waals surface area contributed by atoms with Gasteiger partial charge in [-0.2, -0.15) is 0 Å². The van der Waals surface area contributed by atoms with Crippen molar-refractivity contribution in [1.82, 2.24) is 19.8 Å². The third-order valence-corrected chi connectivity index (χ3v) is 5.04. The summed E-state index contributed by atoms with van der Waals surface area (Å²) in [6.07, 6.45) is 1.25. The topological polar surface area (TPSA) is 104 Å². The molecule has 1 aromatic rings. The molecule has 0 bridgehead atoms. The van der Waals surface area contributed by atoms with Gasteiger partial charge >= 0.3 is 5.97 Å². The Balaban J connectivity index is 1.84. The number of carboxylic acid groups (broad SMARTS) is 1. The lowest BCUT2D eigenvalue weighted by atomic mass is 9.98. The van der Waals surface area contributed by atoms with Crippen LogP contribution in [0.15, 0.2) is 11.2 Å². The van der Waals surface area contributed by atoms with E-state index in [1.54, 1.807) is 7.05 Å². The van der Waals surface area contributed by atoms with Gasteiger partial charge in [0.25, 0.3) is 0 Å². The van der Waals surface area contributed by atoms with Crippen LogP contribution in [-0.4, -0.2) is 75.1 Å². The Kier molecular flexibility index (Phi) is 6.96. The molecule has 1 atom stereocenters. The third kappa shape index (κ3) is 5.69. The fourth-order valence-electron chi connectivity index (χ4n) is 2.79. The van der Waals surface area contributed by atoms with Gasteiger partial charge in [0.2, 0.25) is 11.8 Å². The molecule has 0 radical (unpaired) electrons. The Morgan fingerprint density at radius 3 is 2.58 bits per heavy atom. The minimum absolute atomic E-state index is 0.0561. The van der Waals surface area contributed by atoms with E-state index in [0.29, 0.717) is 24.5 Å². The molecule has 1 fully saturated rings. The molecule has 1 saturated heterocycles. The molecule has 142 valence electrons. The van der Waals surface area contributed by atoms with Crippen molar-refractivity contribution in [1.29, 1.82) is 0 Å². The number of piperidine rings is 1. The summed E-state index contributed by atoms with van der Waals surface area (Å²) < 4.78 is 0. The molecule has 1 N–H and O–H groups in total. The minimum atomic E-state index is -0.878. The number of carbonyl (C=O) groups is 3. The van der Waals surface area contributed by atoms with Crippen LogP contribution in [0.1, 0.15) is 24.2 Å². The summed E-state index contributed by atoms with van der Waals surface area (Å²) >= 11 is 1.24. The van der Waals surface area contributed by atoms with E-state index in [0.717, 1.165) is 11.4 Å². The summed E-state index contributed by atoms with van der Waals surface area (Å²) in [6.45, 7) is 4.43. The van der Waals surface area contributed by atoms with Crippen molar-refractivity contribution in [2.75, 3.05) is 32.4 Å². The molecule has 1 aliphatic rings. The molecule has 1 aromatic heterocycles. The summed E-state index contributed by atoms with van der Waals surface area (Å²) in [6, 6.07) is 1.86. The molecule has 8 nitrogen and oxygen atoms in total. The van der Waals surface area contributed by atoms with E-state index in [1.807, 2.05) is 19.9 Å².